The van der Waals surface area contributed by atoms with E-state index in [0.717, 1.165) is 52.2 Å². The van der Waals surface area contributed by atoms with Gasteiger partial charge in [-0.1, -0.05) is 61.1 Å². The second-order valence-corrected chi connectivity index (χ2v) is 14.1. The summed E-state index contributed by atoms with van der Waals surface area (Å²) >= 11 is 3.99. The molecule has 2 aromatic heterocycles. The maximum absolute atomic E-state index is 14.4. The number of nitrogens with zero attached hydrogens (tertiary/aromatic N) is 4. The highest BCUT2D eigenvalue weighted by molar-refractivity contribution is 7.92. The third kappa shape index (κ3) is 8.02. The lowest BCUT2D eigenvalue weighted by atomic mass is 9.57. The molecule has 0 bridgehead atoms. The topological polar surface area (TPSA) is 108 Å². The fourth-order valence-corrected chi connectivity index (χ4v) is 6.71. The molecule has 13 heteroatoms. The fourth-order valence-electron chi connectivity index (χ4n) is 5.51. The normalized spacial score (nSPS) is 12.3. The second kappa shape index (κ2) is 15.7. The number of hydrogen-bond acceptors (Lipinski definition) is 8. The third-order valence-corrected chi connectivity index (χ3v) is 10.2. The SMILES string of the molecule is BC(B)(c1ccc(-c2ccccc2[S+]([O-])Nc2noc(C)c2C)c(COCC)c1)n1c(CCCC)nc(C)c(CC(=S)N(C)C)c1=O. The van der Waals surface area contributed by atoms with Crippen LogP contribution < -0.4 is 10.3 Å². The lowest BCUT2D eigenvalue weighted by Crippen LogP contribution is -2.47. The molecule has 2 heterocycles. The van der Waals surface area contributed by atoms with Gasteiger partial charge in [-0.2, -0.15) is 4.72 Å². The molecular formula is C34H45B2N5O4S2. The number of aryl methyl sites for hydroxylation is 3. The highest BCUT2D eigenvalue weighted by atomic mass is 32.2. The molecule has 0 spiro atoms. The molecular weight excluding hydrogens is 628 g/mol. The van der Waals surface area contributed by atoms with E-state index in [1.807, 2.05) is 87.7 Å². The van der Waals surface area contributed by atoms with E-state index >= 15 is 0 Å². The van der Waals surface area contributed by atoms with Crippen LogP contribution in [-0.2, 0) is 40.9 Å². The van der Waals surface area contributed by atoms with E-state index in [4.69, 9.17) is 26.5 Å². The Hall–Kier alpha value is -3.38. The molecule has 0 saturated heterocycles. The number of aromatic nitrogens is 3. The number of benzene rings is 2. The predicted octanol–water partition coefficient (Wildman–Crippen LogP) is 4.19. The van der Waals surface area contributed by atoms with Gasteiger partial charge in [-0.25, -0.2) is 4.98 Å². The molecule has 9 nitrogen and oxygen atoms in total. The smallest absolute Gasteiger partial charge is 0.256 e. The van der Waals surface area contributed by atoms with Crippen molar-refractivity contribution >= 4 is 50.1 Å². The van der Waals surface area contributed by atoms with Gasteiger partial charge in [0.25, 0.3) is 5.56 Å². The Balaban J connectivity index is 1.84. The van der Waals surface area contributed by atoms with Crippen molar-refractivity contribution in [3.05, 3.63) is 92.4 Å². The minimum absolute atomic E-state index is 0.0709. The summed E-state index contributed by atoms with van der Waals surface area (Å²) in [7, 11) is 7.91. The molecule has 248 valence electrons. The van der Waals surface area contributed by atoms with E-state index in [2.05, 4.69) is 38.6 Å². The molecule has 0 saturated carbocycles. The van der Waals surface area contributed by atoms with Crippen molar-refractivity contribution in [3.8, 4) is 11.1 Å². The Labute approximate surface area is 288 Å². The van der Waals surface area contributed by atoms with E-state index in [9.17, 15) is 9.35 Å². The molecule has 4 rings (SSSR count). The number of hydrogen-bond donors (Lipinski definition) is 1. The zero-order valence-corrected chi connectivity index (χ0v) is 30.7. The van der Waals surface area contributed by atoms with E-state index in [-0.39, 0.29) is 5.56 Å². The van der Waals surface area contributed by atoms with Gasteiger partial charge < -0.3 is 23.3 Å². The number of thiocarbonyl (C=S) groups is 1. The summed E-state index contributed by atoms with van der Waals surface area (Å²) in [5.41, 5.74) is 5.65. The first-order chi connectivity index (χ1) is 22.3. The minimum atomic E-state index is -1.61. The number of nitrogens with one attached hydrogen (secondary N) is 1. The van der Waals surface area contributed by atoms with Crippen molar-refractivity contribution < 1.29 is 13.8 Å². The van der Waals surface area contributed by atoms with Gasteiger partial charge in [0, 0.05) is 61.3 Å². The number of rotatable bonds is 14. The van der Waals surface area contributed by atoms with Crippen LogP contribution in [0.1, 0.15) is 66.2 Å². The van der Waals surface area contributed by atoms with Gasteiger partial charge in [-0.3, -0.25) is 4.79 Å². The monoisotopic (exact) mass is 673 g/mol. The lowest BCUT2D eigenvalue weighted by molar-refractivity contribution is 0.134. The Kier molecular flexibility index (Phi) is 12.2. The molecule has 0 fully saturated rings. The first kappa shape index (κ1) is 36.5. The van der Waals surface area contributed by atoms with Crippen LogP contribution in [0, 0.1) is 20.8 Å². The van der Waals surface area contributed by atoms with Crippen molar-refractivity contribution in [2.24, 2.45) is 0 Å². The lowest BCUT2D eigenvalue weighted by Gasteiger charge is -2.33. The first-order valence-electron chi connectivity index (χ1n) is 16.1. The number of ether oxygens (including phenoxy) is 1. The summed E-state index contributed by atoms with van der Waals surface area (Å²) in [5, 5.41) is 3.29. The Morgan fingerprint density at radius 2 is 1.87 bits per heavy atom. The molecule has 1 unspecified atom stereocenters. The summed E-state index contributed by atoms with van der Waals surface area (Å²) in [6.45, 7) is 10.6. The highest BCUT2D eigenvalue weighted by Gasteiger charge is 2.31. The van der Waals surface area contributed by atoms with Crippen molar-refractivity contribution in [3.63, 3.8) is 0 Å². The quantitative estimate of drug-likeness (QED) is 0.120. The van der Waals surface area contributed by atoms with Gasteiger partial charge in [0.05, 0.1) is 11.6 Å². The minimum Gasteiger partial charge on any atom is -0.588 e. The number of anilines is 1. The summed E-state index contributed by atoms with van der Waals surface area (Å²) in [5.74, 6) is 1.88. The van der Waals surface area contributed by atoms with Crippen LogP contribution >= 0.6 is 12.2 Å². The van der Waals surface area contributed by atoms with Gasteiger partial charge in [-0.15, -0.1) is 0 Å². The third-order valence-electron chi connectivity index (χ3n) is 8.59. The Morgan fingerprint density at radius 1 is 1.15 bits per heavy atom. The average Bonchev–Trinajstić information content (AvgIpc) is 3.36. The number of likely N-dealkylation sites (N-methyl/N-ethyl adjacent to an activating group) is 1. The van der Waals surface area contributed by atoms with Gasteiger partial charge in [0.1, 0.15) is 38.6 Å². The molecule has 4 aromatic rings. The highest BCUT2D eigenvalue weighted by Crippen LogP contribution is 2.34. The summed E-state index contributed by atoms with van der Waals surface area (Å²) in [6, 6.07) is 13.8. The van der Waals surface area contributed by atoms with E-state index < -0.39 is 16.7 Å². The fraction of sp³-hybridized carbons (Fsp3) is 0.412. The zero-order chi connectivity index (χ0) is 34.5. The van der Waals surface area contributed by atoms with Crippen LogP contribution in [0.3, 0.4) is 0 Å². The van der Waals surface area contributed by atoms with Crippen molar-refractivity contribution in [2.45, 2.75) is 77.1 Å². The van der Waals surface area contributed by atoms with E-state index in [1.54, 1.807) is 0 Å². The summed E-state index contributed by atoms with van der Waals surface area (Å²) < 4.78 is 29.8. The van der Waals surface area contributed by atoms with Crippen LogP contribution in [0.15, 0.2) is 56.7 Å². The predicted molar refractivity (Wildman–Crippen MR) is 199 cm³/mol. The van der Waals surface area contributed by atoms with E-state index in [0.29, 0.717) is 53.1 Å². The molecule has 2 aromatic carbocycles. The second-order valence-electron chi connectivity index (χ2n) is 12.4. The van der Waals surface area contributed by atoms with Gasteiger partial charge >= 0.3 is 0 Å². The van der Waals surface area contributed by atoms with Gasteiger partial charge in [0.15, 0.2) is 4.90 Å². The standard InChI is InChI=1S/C34H45B2N5O4S2/c1-8-10-15-30-37-22(4)28(19-31(46)40(6)7)33(42)41(30)34(35,36)25-16-17-26(24(18-25)20-44-9-2)27-13-11-12-14-29(27)47(43)39-32-21(3)23(5)45-38-32/h11-14,16-18H,8-10,15,19-20,35-36H2,1-7H3,(H,38,39). The van der Waals surface area contributed by atoms with Crippen molar-refractivity contribution in [2.75, 3.05) is 25.4 Å². The molecule has 0 aliphatic rings. The molecule has 0 aliphatic carbocycles. The van der Waals surface area contributed by atoms with Gasteiger partial charge in [-0.05, 0) is 62.9 Å². The van der Waals surface area contributed by atoms with Crippen molar-refractivity contribution in [1.82, 2.24) is 19.6 Å². The molecule has 0 amide bonds. The van der Waals surface area contributed by atoms with Crippen molar-refractivity contribution in [1.29, 1.82) is 0 Å². The Morgan fingerprint density at radius 3 is 2.51 bits per heavy atom. The zero-order valence-electron chi connectivity index (χ0n) is 29.0. The van der Waals surface area contributed by atoms with Crippen LogP contribution in [0.25, 0.3) is 11.1 Å². The van der Waals surface area contributed by atoms with Crippen LogP contribution in [0.4, 0.5) is 5.82 Å². The van der Waals surface area contributed by atoms with E-state index in [1.165, 1.54) is 0 Å². The molecule has 0 aliphatic heterocycles. The molecule has 1 atom stereocenters. The van der Waals surface area contributed by atoms with Gasteiger partial charge in [0.2, 0.25) is 5.82 Å². The molecule has 1 N–H and O–H groups in total. The average molecular weight is 674 g/mol. The largest absolute Gasteiger partial charge is 0.588 e. The van der Waals surface area contributed by atoms with Crippen LogP contribution in [-0.4, -0.2) is 65.5 Å². The summed E-state index contributed by atoms with van der Waals surface area (Å²) in [6.07, 6.45) is 2.95. The molecule has 47 heavy (non-hydrogen) atoms. The first-order valence-corrected chi connectivity index (χ1v) is 17.6. The maximum Gasteiger partial charge on any atom is 0.256 e. The summed E-state index contributed by atoms with van der Waals surface area (Å²) in [4.78, 5) is 22.5. The maximum atomic E-state index is 14.4. The van der Waals surface area contributed by atoms with Crippen LogP contribution in [0.5, 0.6) is 0 Å². The Bertz CT molecular complexity index is 1790. The van der Waals surface area contributed by atoms with Crippen LogP contribution in [0.2, 0.25) is 0 Å². The number of unbranched alkanes of at least 4 members (excludes halogenated alkanes) is 1. The molecule has 0 radical (unpaired) electrons.